The van der Waals surface area contributed by atoms with Gasteiger partial charge >= 0.3 is 0 Å². The first-order valence-electron chi connectivity index (χ1n) is 9.62. The predicted octanol–water partition coefficient (Wildman–Crippen LogP) is 1.91. The first kappa shape index (κ1) is 17.9. The SMILES string of the molecule is Cc1nc(N2CCN(C)CC2)ncc1C(=O)N1CCC[C@@H]1c1ccccn1. The highest BCUT2D eigenvalue weighted by Gasteiger charge is 2.32. The van der Waals surface area contributed by atoms with Crippen molar-refractivity contribution in [3.63, 3.8) is 0 Å². The molecule has 0 aliphatic carbocycles. The zero-order valence-electron chi connectivity index (χ0n) is 16.0. The molecule has 142 valence electrons. The molecule has 0 bridgehead atoms. The molecule has 2 aromatic heterocycles. The molecule has 0 radical (unpaired) electrons. The maximum atomic E-state index is 13.2. The Kier molecular flexibility index (Phi) is 5.03. The summed E-state index contributed by atoms with van der Waals surface area (Å²) in [5.41, 5.74) is 2.29. The summed E-state index contributed by atoms with van der Waals surface area (Å²) in [7, 11) is 2.12. The Labute approximate surface area is 160 Å². The van der Waals surface area contributed by atoms with Gasteiger partial charge in [0.15, 0.2) is 0 Å². The van der Waals surface area contributed by atoms with Gasteiger partial charge in [0.1, 0.15) is 0 Å². The van der Waals surface area contributed by atoms with Gasteiger partial charge in [-0.05, 0) is 38.9 Å². The molecule has 1 atom stereocenters. The molecule has 2 fully saturated rings. The highest BCUT2D eigenvalue weighted by Crippen LogP contribution is 2.32. The van der Waals surface area contributed by atoms with E-state index in [0.717, 1.165) is 62.9 Å². The Morgan fingerprint density at radius 1 is 1.11 bits per heavy atom. The number of carbonyl (C=O) groups excluding carboxylic acids is 1. The van der Waals surface area contributed by atoms with Gasteiger partial charge in [0, 0.05) is 45.1 Å². The number of aromatic nitrogens is 3. The van der Waals surface area contributed by atoms with E-state index in [1.807, 2.05) is 30.0 Å². The van der Waals surface area contributed by atoms with Crippen molar-refractivity contribution in [2.45, 2.75) is 25.8 Å². The average Bonchev–Trinajstić information content (AvgIpc) is 3.18. The van der Waals surface area contributed by atoms with Crippen molar-refractivity contribution in [3.05, 3.63) is 47.5 Å². The molecule has 2 aromatic rings. The lowest BCUT2D eigenvalue weighted by Gasteiger charge is -2.32. The summed E-state index contributed by atoms with van der Waals surface area (Å²) in [4.78, 5) is 33.2. The van der Waals surface area contributed by atoms with Crippen LogP contribution in [0, 0.1) is 6.92 Å². The predicted molar refractivity (Wildman–Crippen MR) is 104 cm³/mol. The Hall–Kier alpha value is -2.54. The van der Waals surface area contributed by atoms with Crippen molar-refractivity contribution >= 4 is 11.9 Å². The number of aryl methyl sites for hydroxylation is 1. The molecule has 0 aromatic carbocycles. The van der Waals surface area contributed by atoms with Gasteiger partial charge in [-0.15, -0.1) is 0 Å². The third-order valence-corrected chi connectivity index (χ3v) is 5.53. The molecule has 1 amide bonds. The topological polar surface area (TPSA) is 65.5 Å². The van der Waals surface area contributed by atoms with Crippen molar-refractivity contribution in [1.29, 1.82) is 0 Å². The normalized spacial score (nSPS) is 20.9. The van der Waals surface area contributed by atoms with E-state index in [1.165, 1.54) is 0 Å². The smallest absolute Gasteiger partial charge is 0.257 e. The Morgan fingerprint density at radius 3 is 2.63 bits per heavy atom. The number of amides is 1. The molecule has 2 saturated heterocycles. The number of piperazine rings is 1. The molecule has 0 unspecified atom stereocenters. The van der Waals surface area contributed by atoms with Crippen LogP contribution >= 0.6 is 0 Å². The second-order valence-electron chi connectivity index (χ2n) is 7.37. The Morgan fingerprint density at radius 2 is 1.93 bits per heavy atom. The van der Waals surface area contributed by atoms with E-state index in [2.05, 4.69) is 31.8 Å². The maximum absolute atomic E-state index is 13.2. The van der Waals surface area contributed by atoms with Crippen molar-refractivity contribution in [3.8, 4) is 0 Å². The summed E-state index contributed by atoms with van der Waals surface area (Å²) in [5, 5.41) is 0. The highest BCUT2D eigenvalue weighted by molar-refractivity contribution is 5.95. The largest absolute Gasteiger partial charge is 0.338 e. The minimum Gasteiger partial charge on any atom is -0.338 e. The van der Waals surface area contributed by atoms with Gasteiger partial charge in [0.2, 0.25) is 5.95 Å². The summed E-state index contributed by atoms with van der Waals surface area (Å²) in [6, 6.07) is 5.91. The minimum atomic E-state index is 0.00517. The quantitative estimate of drug-likeness (QED) is 0.827. The van der Waals surface area contributed by atoms with Crippen LogP contribution in [-0.4, -0.2) is 70.4 Å². The van der Waals surface area contributed by atoms with E-state index < -0.39 is 0 Å². The van der Waals surface area contributed by atoms with Gasteiger partial charge in [-0.3, -0.25) is 9.78 Å². The first-order valence-corrected chi connectivity index (χ1v) is 9.62. The molecule has 4 rings (SSSR count). The molecule has 7 heteroatoms. The van der Waals surface area contributed by atoms with Crippen LogP contribution in [0.3, 0.4) is 0 Å². The van der Waals surface area contributed by atoms with E-state index in [1.54, 1.807) is 12.4 Å². The molecular formula is C20H26N6O. The van der Waals surface area contributed by atoms with E-state index in [4.69, 9.17) is 0 Å². The van der Waals surface area contributed by atoms with Gasteiger partial charge in [-0.2, -0.15) is 0 Å². The third kappa shape index (κ3) is 3.64. The lowest BCUT2D eigenvalue weighted by Crippen LogP contribution is -2.45. The molecule has 0 saturated carbocycles. The van der Waals surface area contributed by atoms with Crippen molar-refractivity contribution in [2.75, 3.05) is 44.7 Å². The fourth-order valence-electron chi connectivity index (χ4n) is 3.87. The zero-order chi connectivity index (χ0) is 18.8. The number of nitrogens with zero attached hydrogens (tertiary/aromatic N) is 6. The Balaban J connectivity index is 1.53. The van der Waals surface area contributed by atoms with Gasteiger partial charge in [0.05, 0.1) is 23.0 Å². The minimum absolute atomic E-state index is 0.00517. The number of rotatable bonds is 3. The first-order chi connectivity index (χ1) is 13.1. The molecule has 27 heavy (non-hydrogen) atoms. The monoisotopic (exact) mass is 366 g/mol. The third-order valence-electron chi connectivity index (χ3n) is 5.53. The van der Waals surface area contributed by atoms with Crippen LogP contribution in [0.5, 0.6) is 0 Å². The Bertz CT molecular complexity index is 803. The summed E-state index contributed by atoms with van der Waals surface area (Å²) >= 11 is 0. The number of likely N-dealkylation sites (N-methyl/N-ethyl adjacent to an activating group) is 1. The van der Waals surface area contributed by atoms with Crippen LogP contribution in [-0.2, 0) is 0 Å². The van der Waals surface area contributed by atoms with Crippen molar-refractivity contribution < 1.29 is 4.79 Å². The van der Waals surface area contributed by atoms with E-state index in [-0.39, 0.29) is 11.9 Å². The molecule has 7 nitrogen and oxygen atoms in total. The lowest BCUT2D eigenvalue weighted by molar-refractivity contribution is 0.0731. The van der Waals surface area contributed by atoms with Gasteiger partial charge in [-0.25, -0.2) is 9.97 Å². The van der Waals surface area contributed by atoms with Crippen LogP contribution in [0.15, 0.2) is 30.6 Å². The molecule has 2 aliphatic rings. The number of hydrogen-bond donors (Lipinski definition) is 0. The standard InChI is InChI=1S/C20H26N6O/c1-15-16(14-22-20(23-15)25-12-10-24(2)11-13-25)19(27)26-9-5-7-18(26)17-6-3-4-8-21-17/h3-4,6,8,14,18H,5,7,9-13H2,1-2H3/t18-/m1/s1. The second kappa shape index (κ2) is 7.60. The molecule has 4 heterocycles. The fraction of sp³-hybridized carbons (Fsp3) is 0.500. The van der Waals surface area contributed by atoms with Crippen LogP contribution in [0.4, 0.5) is 5.95 Å². The zero-order valence-corrected chi connectivity index (χ0v) is 16.0. The number of pyridine rings is 1. The number of carbonyl (C=O) groups is 1. The van der Waals surface area contributed by atoms with Crippen molar-refractivity contribution in [1.82, 2.24) is 24.8 Å². The van der Waals surface area contributed by atoms with Crippen LogP contribution < -0.4 is 4.90 Å². The van der Waals surface area contributed by atoms with Gasteiger partial charge in [0.25, 0.3) is 5.91 Å². The molecule has 2 aliphatic heterocycles. The highest BCUT2D eigenvalue weighted by atomic mass is 16.2. The van der Waals surface area contributed by atoms with E-state index in [0.29, 0.717) is 5.56 Å². The lowest BCUT2D eigenvalue weighted by atomic mass is 10.1. The van der Waals surface area contributed by atoms with Gasteiger partial charge in [-0.1, -0.05) is 6.07 Å². The summed E-state index contributed by atoms with van der Waals surface area (Å²) in [5.74, 6) is 0.727. The maximum Gasteiger partial charge on any atom is 0.257 e. The van der Waals surface area contributed by atoms with Gasteiger partial charge < -0.3 is 14.7 Å². The van der Waals surface area contributed by atoms with E-state index >= 15 is 0 Å². The number of anilines is 1. The summed E-state index contributed by atoms with van der Waals surface area (Å²) < 4.78 is 0. The summed E-state index contributed by atoms with van der Waals surface area (Å²) in [6.07, 6.45) is 5.43. The molecule has 0 spiro atoms. The van der Waals surface area contributed by atoms with Crippen molar-refractivity contribution in [2.24, 2.45) is 0 Å². The molecular weight excluding hydrogens is 340 g/mol. The van der Waals surface area contributed by atoms with Crippen LogP contribution in [0.1, 0.15) is 40.6 Å². The van der Waals surface area contributed by atoms with Crippen LogP contribution in [0.25, 0.3) is 0 Å². The number of hydrogen-bond acceptors (Lipinski definition) is 6. The molecule has 0 N–H and O–H groups in total. The summed E-state index contributed by atoms with van der Waals surface area (Å²) in [6.45, 7) is 6.49. The average molecular weight is 366 g/mol. The number of likely N-dealkylation sites (tertiary alicyclic amines) is 1. The van der Waals surface area contributed by atoms with Crippen LogP contribution in [0.2, 0.25) is 0 Å². The fourth-order valence-corrected chi connectivity index (χ4v) is 3.87. The van der Waals surface area contributed by atoms with E-state index in [9.17, 15) is 4.79 Å². The second-order valence-corrected chi connectivity index (χ2v) is 7.37.